The molecule has 1 heterocycles. The molecule has 1 unspecified atom stereocenters. The molecule has 0 fully saturated rings. The first kappa shape index (κ1) is 9.81. The van der Waals surface area contributed by atoms with Crippen LogP contribution in [0.5, 0.6) is 0 Å². The molecule has 1 N–H and O–H groups in total. The average Bonchev–Trinajstić information content (AvgIpc) is 2.31. The molecule has 1 aromatic heterocycles. The normalized spacial score (nSPS) is 14.8. The summed E-state index contributed by atoms with van der Waals surface area (Å²) >= 11 is 3.23. The summed E-state index contributed by atoms with van der Waals surface area (Å²) in [6, 6.07) is 1.78. The number of hydrogen-bond acceptors (Lipinski definition) is 2. The Hall–Kier alpha value is -0.280. The maximum Gasteiger partial charge on any atom is 0.174 e. The highest BCUT2D eigenvalue weighted by Gasteiger charge is 2.26. The lowest BCUT2D eigenvalue weighted by Gasteiger charge is -2.24. The zero-order valence-electron chi connectivity index (χ0n) is 7.47. The fraction of sp³-hybridized carbons (Fsp3) is 0.556. The van der Waals surface area contributed by atoms with Crippen molar-refractivity contribution in [1.82, 2.24) is 0 Å². The summed E-state index contributed by atoms with van der Waals surface area (Å²) in [5.74, 6) is 0. The molecule has 0 saturated heterocycles. The van der Waals surface area contributed by atoms with Crippen molar-refractivity contribution >= 4 is 15.9 Å². The zero-order chi connectivity index (χ0) is 9.35. The van der Waals surface area contributed by atoms with Crippen LogP contribution in [0, 0.1) is 5.41 Å². The lowest BCUT2D eigenvalue weighted by Crippen LogP contribution is -2.17. The van der Waals surface area contributed by atoms with Gasteiger partial charge >= 0.3 is 0 Å². The lowest BCUT2D eigenvalue weighted by atomic mass is 9.86. The zero-order valence-corrected chi connectivity index (χ0v) is 9.05. The van der Waals surface area contributed by atoms with Crippen molar-refractivity contribution in [1.29, 1.82) is 0 Å². The Morgan fingerprint density at radius 3 is 2.42 bits per heavy atom. The quantitative estimate of drug-likeness (QED) is 0.808. The molecule has 68 valence electrons. The van der Waals surface area contributed by atoms with Crippen molar-refractivity contribution in [3.63, 3.8) is 0 Å². The van der Waals surface area contributed by atoms with Crippen LogP contribution in [0.25, 0.3) is 0 Å². The largest absolute Gasteiger partial charge is 0.457 e. The molecule has 3 heteroatoms. The molecule has 0 saturated carbocycles. The Morgan fingerprint density at radius 1 is 1.50 bits per heavy atom. The van der Waals surface area contributed by atoms with Gasteiger partial charge in [0.25, 0.3) is 0 Å². The van der Waals surface area contributed by atoms with Crippen LogP contribution in [0.4, 0.5) is 0 Å². The van der Waals surface area contributed by atoms with Gasteiger partial charge in [-0.25, -0.2) is 0 Å². The predicted octanol–water partition coefficient (Wildman–Crippen LogP) is 3.12. The molecule has 0 spiro atoms. The van der Waals surface area contributed by atoms with Crippen LogP contribution >= 0.6 is 15.9 Å². The SMILES string of the molecule is CC(C)(C)C(O)c1ccoc1Br. The van der Waals surface area contributed by atoms with Crippen LogP contribution in [-0.4, -0.2) is 5.11 Å². The van der Waals surface area contributed by atoms with Crippen LogP contribution in [-0.2, 0) is 0 Å². The molecular formula is C9H13BrO2. The topological polar surface area (TPSA) is 33.4 Å². The number of rotatable bonds is 1. The number of aliphatic hydroxyl groups excluding tert-OH is 1. The van der Waals surface area contributed by atoms with E-state index in [0.29, 0.717) is 4.67 Å². The van der Waals surface area contributed by atoms with Gasteiger partial charge in [0, 0.05) is 5.56 Å². The summed E-state index contributed by atoms with van der Waals surface area (Å²) in [6.45, 7) is 5.95. The van der Waals surface area contributed by atoms with Crippen LogP contribution < -0.4 is 0 Å². The van der Waals surface area contributed by atoms with Crippen LogP contribution in [0.2, 0.25) is 0 Å². The van der Waals surface area contributed by atoms with Gasteiger partial charge in [-0.1, -0.05) is 20.8 Å². The Balaban J connectivity index is 2.92. The smallest absolute Gasteiger partial charge is 0.174 e. The van der Waals surface area contributed by atoms with Crippen LogP contribution in [0.3, 0.4) is 0 Å². The molecule has 12 heavy (non-hydrogen) atoms. The van der Waals surface area contributed by atoms with Gasteiger partial charge in [0.1, 0.15) is 0 Å². The third-order valence-corrected chi connectivity index (χ3v) is 2.41. The van der Waals surface area contributed by atoms with Gasteiger partial charge < -0.3 is 9.52 Å². The molecule has 0 aromatic carbocycles. The van der Waals surface area contributed by atoms with E-state index in [0.717, 1.165) is 5.56 Å². The van der Waals surface area contributed by atoms with E-state index in [1.54, 1.807) is 12.3 Å². The van der Waals surface area contributed by atoms with E-state index in [-0.39, 0.29) is 5.41 Å². The Morgan fingerprint density at radius 2 is 2.08 bits per heavy atom. The molecule has 1 atom stereocenters. The minimum absolute atomic E-state index is 0.160. The summed E-state index contributed by atoms with van der Waals surface area (Å²) < 4.78 is 5.65. The maximum atomic E-state index is 9.84. The summed E-state index contributed by atoms with van der Waals surface area (Å²) in [4.78, 5) is 0. The van der Waals surface area contributed by atoms with Gasteiger partial charge in [-0.15, -0.1) is 0 Å². The van der Waals surface area contributed by atoms with E-state index < -0.39 is 6.10 Å². The van der Waals surface area contributed by atoms with E-state index in [1.165, 1.54) is 0 Å². The van der Waals surface area contributed by atoms with Gasteiger partial charge in [0.05, 0.1) is 12.4 Å². The van der Waals surface area contributed by atoms with Crippen molar-refractivity contribution in [3.05, 3.63) is 22.6 Å². The minimum atomic E-state index is -0.495. The van der Waals surface area contributed by atoms with Crippen molar-refractivity contribution in [2.75, 3.05) is 0 Å². The molecule has 1 rings (SSSR count). The maximum absolute atomic E-state index is 9.84. The highest BCUT2D eigenvalue weighted by Crippen LogP contribution is 2.36. The molecule has 0 aliphatic rings. The van der Waals surface area contributed by atoms with Crippen molar-refractivity contribution in [3.8, 4) is 0 Å². The van der Waals surface area contributed by atoms with Gasteiger partial charge in [0.2, 0.25) is 0 Å². The first-order chi connectivity index (χ1) is 5.43. The lowest BCUT2D eigenvalue weighted by molar-refractivity contribution is 0.0613. The van der Waals surface area contributed by atoms with Gasteiger partial charge in [-0.2, -0.15) is 0 Å². The standard InChI is InChI=1S/C9H13BrO2/c1-9(2,3)7(11)6-4-5-12-8(6)10/h4-5,7,11H,1-3H3. The second-order valence-corrected chi connectivity index (χ2v) is 4.64. The second-order valence-electron chi connectivity index (χ2n) is 3.92. The number of halogens is 1. The number of aliphatic hydroxyl groups is 1. The highest BCUT2D eigenvalue weighted by molar-refractivity contribution is 9.10. The van der Waals surface area contributed by atoms with Crippen molar-refractivity contribution in [2.24, 2.45) is 5.41 Å². The average molecular weight is 233 g/mol. The van der Waals surface area contributed by atoms with E-state index in [2.05, 4.69) is 15.9 Å². The Bertz CT molecular complexity index is 260. The first-order valence-electron chi connectivity index (χ1n) is 3.84. The molecule has 0 amide bonds. The minimum Gasteiger partial charge on any atom is -0.457 e. The first-order valence-corrected chi connectivity index (χ1v) is 4.63. The fourth-order valence-corrected chi connectivity index (χ4v) is 1.42. The number of hydrogen-bond donors (Lipinski definition) is 1. The molecule has 0 bridgehead atoms. The Labute approximate surface area is 80.7 Å². The third kappa shape index (κ3) is 1.90. The molecule has 0 radical (unpaired) electrons. The molecule has 2 nitrogen and oxygen atoms in total. The molecule has 1 aromatic rings. The van der Waals surface area contributed by atoms with E-state index >= 15 is 0 Å². The fourth-order valence-electron chi connectivity index (χ4n) is 0.966. The van der Waals surface area contributed by atoms with E-state index in [4.69, 9.17) is 4.42 Å². The van der Waals surface area contributed by atoms with Crippen molar-refractivity contribution < 1.29 is 9.52 Å². The highest BCUT2D eigenvalue weighted by atomic mass is 79.9. The molecule has 0 aliphatic heterocycles. The summed E-state index contributed by atoms with van der Waals surface area (Å²) in [5.41, 5.74) is 0.648. The Kier molecular flexibility index (Phi) is 2.64. The van der Waals surface area contributed by atoms with Crippen LogP contribution in [0.15, 0.2) is 21.4 Å². The van der Waals surface area contributed by atoms with E-state index in [1.807, 2.05) is 20.8 Å². The van der Waals surface area contributed by atoms with Gasteiger partial charge in [-0.3, -0.25) is 0 Å². The predicted molar refractivity (Wildman–Crippen MR) is 50.8 cm³/mol. The van der Waals surface area contributed by atoms with Crippen molar-refractivity contribution in [2.45, 2.75) is 26.9 Å². The number of furan rings is 1. The van der Waals surface area contributed by atoms with E-state index in [9.17, 15) is 5.11 Å². The summed E-state index contributed by atoms with van der Waals surface area (Å²) in [6.07, 6.45) is 1.07. The molecule has 0 aliphatic carbocycles. The monoisotopic (exact) mass is 232 g/mol. The third-order valence-electron chi connectivity index (χ3n) is 1.76. The van der Waals surface area contributed by atoms with Gasteiger partial charge in [0.15, 0.2) is 4.67 Å². The second kappa shape index (κ2) is 3.23. The summed E-state index contributed by atoms with van der Waals surface area (Å²) in [5, 5.41) is 9.84. The summed E-state index contributed by atoms with van der Waals surface area (Å²) in [7, 11) is 0. The van der Waals surface area contributed by atoms with Gasteiger partial charge in [-0.05, 0) is 27.4 Å². The van der Waals surface area contributed by atoms with Crippen LogP contribution in [0.1, 0.15) is 32.4 Å². The molecular weight excluding hydrogens is 220 g/mol.